The molecule has 0 radical (unpaired) electrons. The third kappa shape index (κ3) is 2.51. The molecule has 0 aliphatic carbocycles. The number of nitro groups is 1. The summed E-state index contributed by atoms with van der Waals surface area (Å²) in [4.78, 5) is 29.0. The second kappa shape index (κ2) is 5.28. The monoisotopic (exact) mass is 296 g/mol. The largest absolute Gasteiger partial charge is 0.369 e. The van der Waals surface area contributed by atoms with E-state index in [1.165, 1.54) is 12.1 Å². The zero-order valence-electron chi connectivity index (χ0n) is 11.4. The van der Waals surface area contributed by atoms with Gasteiger partial charge < -0.3 is 10.7 Å². The minimum atomic E-state index is -0.451. The van der Waals surface area contributed by atoms with Crippen molar-refractivity contribution < 1.29 is 9.72 Å². The number of non-ortho nitro benzene ring substituents is 1. The van der Waals surface area contributed by atoms with Crippen molar-refractivity contribution in [2.24, 2.45) is 5.73 Å². The molecule has 0 saturated heterocycles. The molecule has 0 aliphatic heterocycles. The molecule has 3 rings (SSSR count). The molecule has 1 aromatic heterocycles. The number of amides is 1. The van der Waals surface area contributed by atoms with Crippen LogP contribution in [0, 0.1) is 10.1 Å². The fourth-order valence-electron chi connectivity index (χ4n) is 2.30. The Kier molecular flexibility index (Phi) is 3.30. The predicted octanol–water partition coefficient (Wildman–Crippen LogP) is 2.17. The normalized spacial score (nSPS) is 10.7. The van der Waals surface area contributed by atoms with E-state index in [9.17, 15) is 14.9 Å². The van der Waals surface area contributed by atoms with Crippen LogP contribution in [0.4, 0.5) is 5.69 Å². The predicted molar refractivity (Wildman–Crippen MR) is 81.1 cm³/mol. The Morgan fingerprint density at radius 1 is 1.23 bits per heavy atom. The zero-order chi connectivity index (χ0) is 15.7. The first-order chi connectivity index (χ1) is 10.5. The standard InChI is InChI=1S/C15H12N4O3/c16-13(20)8-10-2-1-3-12-14(10)18-15(17-12)9-4-6-11(7-5-9)19(21)22/h1-7H,8H2,(H2,16,20)(H,17,18). The van der Waals surface area contributed by atoms with E-state index < -0.39 is 10.8 Å². The van der Waals surface area contributed by atoms with Gasteiger partial charge in [-0.1, -0.05) is 12.1 Å². The Labute approximate surface area is 124 Å². The van der Waals surface area contributed by atoms with Gasteiger partial charge in [-0.05, 0) is 23.8 Å². The lowest BCUT2D eigenvalue weighted by atomic mass is 10.1. The number of fused-ring (bicyclic) bond motifs is 1. The third-order valence-corrected chi connectivity index (χ3v) is 3.31. The van der Waals surface area contributed by atoms with Crippen molar-refractivity contribution in [3.63, 3.8) is 0 Å². The molecule has 0 unspecified atom stereocenters. The summed E-state index contributed by atoms with van der Waals surface area (Å²) < 4.78 is 0. The maximum absolute atomic E-state index is 11.1. The molecule has 0 spiro atoms. The van der Waals surface area contributed by atoms with E-state index in [4.69, 9.17) is 5.73 Å². The Hall–Kier alpha value is -3.22. The number of H-pyrrole nitrogens is 1. The number of para-hydroxylation sites is 1. The van der Waals surface area contributed by atoms with Crippen LogP contribution < -0.4 is 5.73 Å². The molecule has 7 heteroatoms. The van der Waals surface area contributed by atoms with Gasteiger partial charge in [0.2, 0.25) is 5.91 Å². The Morgan fingerprint density at radius 2 is 1.95 bits per heavy atom. The number of nitrogens with one attached hydrogen (secondary N) is 1. The number of nitro benzene ring substituents is 1. The number of nitrogens with two attached hydrogens (primary N) is 1. The van der Waals surface area contributed by atoms with Crippen molar-refractivity contribution >= 4 is 22.6 Å². The number of imidazole rings is 1. The van der Waals surface area contributed by atoms with Crippen LogP contribution in [0.3, 0.4) is 0 Å². The van der Waals surface area contributed by atoms with Gasteiger partial charge in [0.05, 0.1) is 22.4 Å². The molecular formula is C15H12N4O3. The van der Waals surface area contributed by atoms with Gasteiger partial charge in [0.1, 0.15) is 5.82 Å². The Balaban J connectivity index is 2.04. The number of benzene rings is 2. The minimum absolute atomic E-state index is 0.0225. The highest BCUT2D eigenvalue weighted by Crippen LogP contribution is 2.24. The number of hydrogen-bond acceptors (Lipinski definition) is 4. The molecule has 22 heavy (non-hydrogen) atoms. The van der Waals surface area contributed by atoms with Crippen LogP contribution in [-0.2, 0) is 11.2 Å². The molecule has 7 nitrogen and oxygen atoms in total. The van der Waals surface area contributed by atoms with E-state index in [1.807, 2.05) is 12.1 Å². The summed E-state index contributed by atoms with van der Waals surface area (Å²) in [6, 6.07) is 11.6. The first kappa shape index (κ1) is 13.7. The van der Waals surface area contributed by atoms with Crippen molar-refractivity contribution in [3.8, 4) is 11.4 Å². The summed E-state index contributed by atoms with van der Waals surface area (Å²) >= 11 is 0. The van der Waals surface area contributed by atoms with Crippen LogP contribution in [0.5, 0.6) is 0 Å². The van der Waals surface area contributed by atoms with Gasteiger partial charge in [0, 0.05) is 17.7 Å². The van der Waals surface area contributed by atoms with Crippen LogP contribution in [0.15, 0.2) is 42.5 Å². The first-order valence-corrected chi connectivity index (χ1v) is 6.55. The number of carbonyl (C=O) groups excluding carboxylic acids is 1. The number of rotatable bonds is 4. The molecule has 0 bridgehead atoms. The fraction of sp³-hybridized carbons (Fsp3) is 0.0667. The Bertz CT molecular complexity index is 868. The van der Waals surface area contributed by atoms with Crippen molar-refractivity contribution in [2.45, 2.75) is 6.42 Å². The molecule has 2 aromatic carbocycles. The van der Waals surface area contributed by atoms with Gasteiger partial charge in [-0.15, -0.1) is 0 Å². The first-order valence-electron chi connectivity index (χ1n) is 6.55. The van der Waals surface area contributed by atoms with E-state index in [1.54, 1.807) is 18.2 Å². The highest BCUT2D eigenvalue weighted by molar-refractivity contribution is 5.87. The minimum Gasteiger partial charge on any atom is -0.369 e. The molecule has 1 heterocycles. The fourth-order valence-corrected chi connectivity index (χ4v) is 2.30. The zero-order valence-corrected chi connectivity index (χ0v) is 11.4. The van der Waals surface area contributed by atoms with Crippen molar-refractivity contribution in [1.29, 1.82) is 0 Å². The smallest absolute Gasteiger partial charge is 0.269 e. The van der Waals surface area contributed by atoms with E-state index in [0.29, 0.717) is 11.3 Å². The average Bonchev–Trinajstić information content (AvgIpc) is 2.92. The molecule has 110 valence electrons. The summed E-state index contributed by atoms with van der Waals surface area (Å²) in [5.41, 5.74) is 8.19. The van der Waals surface area contributed by atoms with Gasteiger partial charge in [-0.3, -0.25) is 14.9 Å². The van der Waals surface area contributed by atoms with E-state index in [2.05, 4.69) is 9.97 Å². The summed E-state index contributed by atoms with van der Waals surface area (Å²) in [6.07, 6.45) is 0.113. The number of nitrogens with zero attached hydrogens (tertiary/aromatic N) is 2. The molecule has 0 saturated carbocycles. The third-order valence-electron chi connectivity index (χ3n) is 3.31. The molecule has 3 N–H and O–H groups in total. The van der Waals surface area contributed by atoms with Gasteiger partial charge >= 0.3 is 0 Å². The van der Waals surface area contributed by atoms with Crippen molar-refractivity contribution in [1.82, 2.24) is 9.97 Å². The number of hydrogen-bond donors (Lipinski definition) is 2. The molecule has 0 atom stereocenters. The molecule has 3 aromatic rings. The summed E-state index contributed by atoms with van der Waals surface area (Å²) in [7, 11) is 0. The molecular weight excluding hydrogens is 284 g/mol. The molecule has 0 aliphatic rings. The highest BCUT2D eigenvalue weighted by Gasteiger charge is 2.11. The van der Waals surface area contributed by atoms with Gasteiger partial charge in [0.15, 0.2) is 0 Å². The summed E-state index contributed by atoms with van der Waals surface area (Å²) in [6.45, 7) is 0. The number of aromatic amines is 1. The van der Waals surface area contributed by atoms with E-state index in [0.717, 1.165) is 16.6 Å². The maximum Gasteiger partial charge on any atom is 0.269 e. The van der Waals surface area contributed by atoms with Crippen LogP contribution in [0.1, 0.15) is 5.56 Å². The van der Waals surface area contributed by atoms with Crippen LogP contribution in [-0.4, -0.2) is 20.8 Å². The van der Waals surface area contributed by atoms with E-state index in [-0.39, 0.29) is 12.1 Å². The summed E-state index contributed by atoms with van der Waals surface area (Å²) in [5, 5.41) is 10.7. The van der Waals surface area contributed by atoms with Crippen molar-refractivity contribution in [3.05, 3.63) is 58.1 Å². The quantitative estimate of drug-likeness (QED) is 0.567. The molecule has 1 amide bonds. The Morgan fingerprint density at radius 3 is 2.59 bits per heavy atom. The second-order valence-corrected chi connectivity index (χ2v) is 4.85. The molecule has 0 fully saturated rings. The van der Waals surface area contributed by atoms with Crippen LogP contribution in [0.25, 0.3) is 22.4 Å². The lowest BCUT2D eigenvalue weighted by molar-refractivity contribution is -0.384. The average molecular weight is 296 g/mol. The lowest BCUT2D eigenvalue weighted by Crippen LogP contribution is -2.13. The number of aromatic nitrogens is 2. The summed E-state index contributed by atoms with van der Waals surface area (Å²) in [5.74, 6) is 0.161. The van der Waals surface area contributed by atoms with Crippen molar-refractivity contribution in [2.75, 3.05) is 0 Å². The topological polar surface area (TPSA) is 115 Å². The number of primary amides is 1. The van der Waals surface area contributed by atoms with Gasteiger partial charge in [0.25, 0.3) is 5.69 Å². The van der Waals surface area contributed by atoms with E-state index >= 15 is 0 Å². The van der Waals surface area contributed by atoms with Crippen LogP contribution >= 0.6 is 0 Å². The second-order valence-electron chi connectivity index (χ2n) is 4.85. The highest BCUT2D eigenvalue weighted by atomic mass is 16.6. The van der Waals surface area contributed by atoms with Gasteiger partial charge in [-0.25, -0.2) is 4.98 Å². The SMILES string of the molecule is NC(=O)Cc1cccc2[nH]c(-c3ccc([N+](=O)[O-])cc3)nc12. The van der Waals surface area contributed by atoms with Crippen LogP contribution in [0.2, 0.25) is 0 Å². The maximum atomic E-state index is 11.1. The van der Waals surface area contributed by atoms with Gasteiger partial charge in [-0.2, -0.15) is 0 Å². The number of carbonyl (C=O) groups is 1. The lowest BCUT2D eigenvalue weighted by Gasteiger charge is -1.97.